The fourth-order valence-electron chi connectivity index (χ4n) is 11.7. The fraction of sp³-hybridized carbons (Fsp3) is 1.00. The normalized spacial score (nSPS) is 58.7. The van der Waals surface area contributed by atoms with Crippen molar-refractivity contribution < 1.29 is 10.2 Å². The topological polar surface area (TPSA) is 40.5 Å². The van der Waals surface area contributed by atoms with Gasteiger partial charge >= 0.3 is 0 Å². The van der Waals surface area contributed by atoms with Gasteiger partial charge in [-0.1, -0.05) is 55.4 Å². The highest BCUT2D eigenvalue weighted by atomic mass is 16.3. The van der Waals surface area contributed by atoms with E-state index in [1.807, 2.05) is 0 Å². The molecule has 0 amide bonds. The molecule has 0 heterocycles. The SMILES string of the molecule is CC1(C)CCC2(C)CCC3C(C)(CCC4C5(C)CCC(O)C(C)(C)C5CCC34C)C2C1O. The standard InChI is InChI=1S/C30H52O2/c1-25(2)17-18-27(5)13-9-21-29(7)14-10-19-26(3,4)22(31)12-16-28(19,6)20(29)11-15-30(21,8)23(27)24(25)32/h19-24,31-32H,9-18H2,1-8H3. The Morgan fingerprint density at radius 3 is 1.72 bits per heavy atom. The summed E-state index contributed by atoms with van der Waals surface area (Å²) < 4.78 is 0. The Kier molecular flexibility index (Phi) is 5.01. The summed E-state index contributed by atoms with van der Waals surface area (Å²) in [6, 6.07) is 0. The molecule has 184 valence electrons. The van der Waals surface area contributed by atoms with Gasteiger partial charge in [0.1, 0.15) is 0 Å². The first kappa shape index (κ1) is 23.7. The summed E-state index contributed by atoms with van der Waals surface area (Å²) in [5.74, 6) is 2.56. The van der Waals surface area contributed by atoms with Crippen molar-refractivity contribution in [2.24, 2.45) is 56.2 Å². The van der Waals surface area contributed by atoms with Crippen molar-refractivity contribution in [1.82, 2.24) is 0 Å². The summed E-state index contributed by atoms with van der Waals surface area (Å²) in [5.41, 5.74) is 1.36. The maximum Gasteiger partial charge on any atom is 0.0629 e. The number of rotatable bonds is 0. The lowest BCUT2D eigenvalue weighted by atomic mass is 9.32. The van der Waals surface area contributed by atoms with Crippen LogP contribution in [0.15, 0.2) is 0 Å². The van der Waals surface area contributed by atoms with Crippen LogP contribution in [0.5, 0.6) is 0 Å². The minimum atomic E-state index is -0.176. The van der Waals surface area contributed by atoms with E-state index in [4.69, 9.17) is 0 Å². The Labute approximate surface area is 198 Å². The van der Waals surface area contributed by atoms with Crippen molar-refractivity contribution in [3.8, 4) is 0 Å². The molecule has 5 aliphatic rings. The van der Waals surface area contributed by atoms with Gasteiger partial charge in [-0.15, -0.1) is 0 Å². The highest BCUT2D eigenvalue weighted by Crippen LogP contribution is 2.76. The largest absolute Gasteiger partial charge is 0.393 e. The molecule has 2 nitrogen and oxygen atoms in total. The number of hydrogen-bond donors (Lipinski definition) is 2. The number of aliphatic hydroxyl groups excluding tert-OH is 2. The molecule has 10 unspecified atom stereocenters. The molecular weight excluding hydrogens is 392 g/mol. The van der Waals surface area contributed by atoms with Crippen molar-refractivity contribution in [1.29, 1.82) is 0 Å². The van der Waals surface area contributed by atoms with Crippen LogP contribution in [0.4, 0.5) is 0 Å². The summed E-state index contributed by atoms with van der Waals surface area (Å²) in [7, 11) is 0. The number of aliphatic hydroxyl groups is 2. The van der Waals surface area contributed by atoms with E-state index in [-0.39, 0.29) is 28.5 Å². The van der Waals surface area contributed by atoms with Crippen LogP contribution < -0.4 is 0 Å². The maximum atomic E-state index is 11.8. The van der Waals surface area contributed by atoms with E-state index in [1.165, 1.54) is 57.8 Å². The minimum absolute atomic E-state index is 0.0316. The van der Waals surface area contributed by atoms with Gasteiger partial charge in [0.05, 0.1) is 12.2 Å². The molecule has 0 saturated heterocycles. The van der Waals surface area contributed by atoms with Crippen molar-refractivity contribution >= 4 is 0 Å². The van der Waals surface area contributed by atoms with Crippen LogP contribution in [-0.4, -0.2) is 22.4 Å². The van der Waals surface area contributed by atoms with Crippen molar-refractivity contribution in [3.63, 3.8) is 0 Å². The zero-order valence-electron chi connectivity index (χ0n) is 22.4. The van der Waals surface area contributed by atoms with Crippen molar-refractivity contribution in [2.75, 3.05) is 0 Å². The molecule has 0 aromatic carbocycles. The van der Waals surface area contributed by atoms with Gasteiger partial charge in [-0.25, -0.2) is 0 Å². The summed E-state index contributed by atoms with van der Waals surface area (Å²) in [6.45, 7) is 19.7. The molecule has 0 radical (unpaired) electrons. The monoisotopic (exact) mass is 444 g/mol. The quantitative estimate of drug-likeness (QED) is 0.414. The Hall–Kier alpha value is -0.0800. The Balaban J connectivity index is 1.54. The zero-order valence-corrected chi connectivity index (χ0v) is 22.4. The second-order valence-corrected chi connectivity index (χ2v) is 15.7. The fourth-order valence-corrected chi connectivity index (χ4v) is 11.7. The molecule has 5 saturated carbocycles. The first-order valence-electron chi connectivity index (χ1n) is 14.0. The molecule has 10 atom stereocenters. The summed E-state index contributed by atoms with van der Waals surface area (Å²) in [4.78, 5) is 0. The Morgan fingerprint density at radius 2 is 1.03 bits per heavy atom. The number of fused-ring (bicyclic) bond motifs is 7. The van der Waals surface area contributed by atoms with Gasteiger partial charge < -0.3 is 10.2 Å². The summed E-state index contributed by atoms with van der Waals surface area (Å²) >= 11 is 0. The van der Waals surface area contributed by atoms with Gasteiger partial charge in [-0.2, -0.15) is 0 Å². The van der Waals surface area contributed by atoms with Crippen LogP contribution in [0.2, 0.25) is 0 Å². The maximum absolute atomic E-state index is 11.8. The summed E-state index contributed by atoms with van der Waals surface area (Å²) in [5, 5.41) is 22.7. The van der Waals surface area contributed by atoms with Crippen molar-refractivity contribution in [2.45, 2.75) is 132 Å². The van der Waals surface area contributed by atoms with E-state index in [1.54, 1.807) is 0 Å². The van der Waals surface area contributed by atoms with Crippen LogP contribution in [0, 0.1) is 56.2 Å². The molecule has 5 rings (SSSR count). The van der Waals surface area contributed by atoms with Gasteiger partial charge in [-0.3, -0.25) is 0 Å². The van der Waals surface area contributed by atoms with E-state index in [2.05, 4.69) is 55.4 Å². The molecular formula is C30H52O2. The lowest BCUT2D eigenvalue weighted by Gasteiger charge is -2.73. The van der Waals surface area contributed by atoms with Crippen LogP contribution in [0.1, 0.15) is 120 Å². The molecule has 0 aliphatic heterocycles. The first-order chi connectivity index (χ1) is 14.6. The molecule has 2 heteroatoms. The molecule has 2 N–H and O–H groups in total. The second-order valence-electron chi connectivity index (χ2n) is 15.7. The predicted octanol–water partition coefficient (Wildman–Crippen LogP) is 7.22. The average molecular weight is 445 g/mol. The lowest BCUT2D eigenvalue weighted by Crippen LogP contribution is -2.68. The highest BCUT2D eigenvalue weighted by molar-refractivity contribution is 5.18. The first-order valence-corrected chi connectivity index (χ1v) is 14.0. The van der Waals surface area contributed by atoms with E-state index in [9.17, 15) is 10.2 Å². The molecule has 32 heavy (non-hydrogen) atoms. The van der Waals surface area contributed by atoms with Crippen LogP contribution in [0.25, 0.3) is 0 Å². The van der Waals surface area contributed by atoms with Crippen LogP contribution in [-0.2, 0) is 0 Å². The van der Waals surface area contributed by atoms with Crippen molar-refractivity contribution in [3.05, 3.63) is 0 Å². The Bertz CT molecular complexity index is 771. The zero-order chi connectivity index (χ0) is 23.5. The van der Waals surface area contributed by atoms with E-state index < -0.39 is 0 Å². The average Bonchev–Trinajstić information content (AvgIpc) is 2.68. The lowest BCUT2D eigenvalue weighted by molar-refractivity contribution is -0.263. The third kappa shape index (κ3) is 2.78. The minimum Gasteiger partial charge on any atom is -0.393 e. The van der Waals surface area contributed by atoms with E-state index in [0.717, 1.165) is 18.3 Å². The number of hydrogen-bond acceptors (Lipinski definition) is 2. The van der Waals surface area contributed by atoms with Crippen LogP contribution >= 0.6 is 0 Å². The molecule has 0 spiro atoms. The van der Waals surface area contributed by atoms with E-state index >= 15 is 0 Å². The van der Waals surface area contributed by atoms with Gasteiger partial charge in [0.25, 0.3) is 0 Å². The molecule has 5 fully saturated rings. The molecule has 0 aromatic heterocycles. The van der Waals surface area contributed by atoms with E-state index in [0.29, 0.717) is 28.1 Å². The third-order valence-electron chi connectivity index (χ3n) is 13.6. The molecule has 0 bridgehead atoms. The Morgan fingerprint density at radius 1 is 0.531 bits per heavy atom. The molecule has 5 aliphatic carbocycles. The second kappa shape index (κ2) is 6.77. The van der Waals surface area contributed by atoms with Gasteiger partial charge in [-0.05, 0) is 120 Å². The molecule has 0 aromatic rings. The summed E-state index contributed by atoms with van der Waals surface area (Å²) in [6.07, 6.45) is 12.2. The van der Waals surface area contributed by atoms with Gasteiger partial charge in [0, 0.05) is 0 Å². The highest BCUT2D eigenvalue weighted by Gasteiger charge is 2.70. The third-order valence-corrected chi connectivity index (χ3v) is 13.6. The van der Waals surface area contributed by atoms with Gasteiger partial charge in [0.2, 0.25) is 0 Å². The van der Waals surface area contributed by atoms with Gasteiger partial charge in [0.15, 0.2) is 0 Å². The van der Waals surface area contributed by atoms with Crippen LogP contribution in [0.3, 0.4) is 0 Å². The predicted molar refractivity (Wildman–Crippen MR) is 132 cm³/mol. The smallest absolute Gasteiger partial charge is 0.0629 e.